The molecule has 0 radical (unpaired) electrons. The number of nitrogens with one attached hydrogen (secondary N) is 1. The van der Waals surface area contributed by atoms with E-state index in [0.717, 1.165) is 11.1 Å². The quantitative estimate of drug-likeness (QED) is 0.869. The highest BCUT2D eigenvalue weighted by molar-refractivity contribution is 9.10. The number of halogens is 3. The van der Waals surface area contributed by atoms with Crippen LogP contribution >= 0.6 is 15.9 Å². The molecule has 1 N–H and O–H groups in total. The summed E-state index contributed by atoms with van der Waals surface area (Å²) in [5, 5.41) is 2.96. The molecule has 19 heavy (non-hydrogen) atoms. The third-order valence-electron chi connectivity index (χ3n) is 3.03. The van der Waals surface area contributed by atoms with E-state index in [9.17, 15) is 8.78 Å². The van der Waals surface area contributed by atoms with Gasteiger partial charge in [0.25, 0.3) is 0 Å². The van der Waals surface area contributed by atoms with Crippen molar-refractivity contribution in [3.05, 3.63) is 63.4 Å². The van der Waals surface area contributed by atoms with Crippen LogP contribution in [0.4, 0.5) is 8.78 Å². The number of hydrogen-bond donors (Lipinski definition) is 1. The van der Waals surface area contributed by atoms with Crippen LogP contribution in [0.2, 0.25) is 0 Å². The van der Waals surface area contributed by atoms with E-state index in [1.807, 2.05) is 6.92 Å². The van der Waals surface area contributed by atoms with Gasteiger partial charge in [0.1, 0.15) is 11.6 Å². The summed E-state index contributed by atoms with van der Waals surface area (Å²) in [4.78, 5) is 3.99. The van der Waals surface area contributed by atoms with E-state index < -0.39 is 17.7 Å². The van der Waals surface area contributed by atoms with Gasteiger partial charge in [-0.05, 0) is 59.2 Å². The fraction of sp³-hybridized carbons (Fsp3) is 0.214. The summed E-state index contributed by atoms with van der Waals surface area (Å²) < 4.78 is 28.4. The summed E-state index contributed by atoms with van der Waals surface area (Å²) in [5.41, 5.74) is 1.68. The first-order valence-electron chi connectivity index (χ1n) is 5.77. The highest BCUT2D eigenvalue weighted by atomic mass is 79.9. The Bertz CT molecular complexity index is 602. The van der Waals surface area contributed by atoms with Crippen molar-refractivity contribution in [1.82, 2.24) is 10.3 Å². The summed E-state index contributed by atoms with van der Waals surface area (Å²) in [7, 11) is 1.67. The zero-order valence-corrected chi connectivity index (χ0v) is 12.1. The molecule has 100 valence electrons. The first kappa shape index (κ1) is 14.1. The molecular formula is C14H13BrF2N2. The van der Waals surface area contributed by atoms with Crippen molar-refractivity contribution in [2.45, 2.75) is 13.0 Å². The Hall–Kier alpha value is -1.33. The second-order valence-electron chi connectivity index (χ2n) is 4.21. The molecular weight excluding hydrogens is 314 g/mol. The zero-order valence-electron chi connectivity index (χ0n) is 10.5. The molecule has 2 aromatic rings. The van der Waals surface area contributed by atoms with E-state index in [0.29, 0.717) is 0 Å². The van der Waals surface area contributed by atoms with Gasteiger partial charge in [-0.2, -0.15) is 0 Å². The first-order chi connectivity index (χ1) is 9.06. The Morgan fingerprint density at radius 3 is 2.63 bits per heavy atom. The van der Waals surface area contributed by atoms with Crippen LogP contribution in [0.5, 0.6) is 0 Å². The Kier molecular flexibility index (Phi) is 4.27. The molecule has 1 atom stereocenters. The summed E-state index contributed by atoms with van der Waals surface area (Å²) in [6.45, 7) is 1.86. The van der Waals surface area contributed by atoms with Crippen molar-refractivity contribution in [2.24, 2.45) is 0 Å². The second kappa shape index (κ2) is 5.75. The minimum atomic E-state index is -0.587. The largest absolute Gasteiger partial charge is 0.309 e. The van der Waals surface area contributed by atoms with Crippen molar-refractivity contribution in [1.29, 1.82) is 0 Å². The van der Waals surface area contributed by atoms with Gasteiger partial charge in [-0.1, -0.05) is 0 Å². The molecule has 0 saturated heterocycles. The number of pyridine rings is 1. The Morgan fingerprint density at radius 1 is 1.26 bits per heavy atom. The minimum absolute atomic E-state index is 0.00572. The lowest BCUT2D eigenvalue weighted by atomic mass is 9.95. The molecule has 1 aromatic carbocycles. The first-order valence-corrected chi connectivity index (χ1v) is 6.56. The summed E-state index contributed by atoms with van der Waals surface area (Å²) in [6, 6.07) is 3.82. The predicted octanol–water partition coefficient (Wildman–Crippen LogP) is 3.74. The van der Waals surface area contributed by atoms with Crippen molar-refractivity contribution >= 4 is 15.9 Å². The fourth-order valence-corrected chi connectivity index (χ4v) is 2.42. The number of aryl methyl sites for hydroxylation is 1. The van der Waals surface area contributed by atoms with Gasteiger partial charge in [0.2, 0.25) is 0 Å². The van der Waals surface area contributed by atoms with Crippen molar-refractivity contribution in [3.63, 3.8) is 0 Å². The van der Waals surface area contributed by atoms with Crippen molar-refractivity contribution < 1.29 is 8.78 Å². The molecule has 0 spiro atoms. The molecule has 0 aliphatic rings. The molecule has 0 amide bonds. The summed E-state index contributed by atoms with van der Waals surface area (Å²) in [5.74, 6) is -1.16. The summed E-state index contributed by atoms with van der Waals surface area (Å²) in [6.07, 6.45) is 3.29. The van der Waals surface area contributed by atoms with Crippen LogP contribution in [0.1, 0.15) is 22.7 Å². The van der Waals surface area contributed by atoms with Crippen LogP contribution in [0.25, 0.3) is 0 Å². The average molecular weight is 327 g/mol. The van der Waals surface area contributed by atoms with E-state index in [4.69, 9.17) is 0 Å². The molecule has 5 heteroatoms. The highest BCUT2D eigenvalue weighted by Gasteiger charge is 2.23. The van der Waals surface area contributed by atoms with Crippen LogP contribution < -0.4 is 5.32 Å². The zero-order chi connectivity index (χ0) is 14.0. The van der Waals surface area contributed by atoms with Gasteiger partial charge in [-0.25, -0.2) is 8.78 Å². The monoisotopic (exact) mass is 326 g/mol. The number of aromatic nitrogens is 1. The van der Waals surface area contributed by atoms with Crippen LogP contribution in [0.3, 0.4) is 0 Å². The maximum Gasteiger partial charge on any atom is 0.145 e. The molecule has 0 aliphatic heterocycles. The second-order valence-corrected chi connectivity index (χ2v) is 5.07. The van der Waals surface area contributed by atoms with Crippen LogP contribution in [-0.2, 0) is 0 Å². The molecule has 2 nitrogen and oxygen atoms in total. The van der Waals surface area contributed by atoms with Gasteiger partial charge in [0.05, 0.1) is 10.5 Å². The number of nitrogens with zero attached hydrogens (tertiary/aromatic N) is 1. The molecule has 0 saturated carbocycles. The Labute approximate surface area is 119 Å². The van der Waals surface area contributed by atoms with Gasteiger partial charge in [0.15, 0.2) is 0 Å². The smallest absolute Gasteiger partial charge is 0.145 e. The van der Waals surface area contributed by atoms with E-state index in [-0.39, 0.29) is 10.0 Å². The average Bonchev–Trinajstić information content (AvgIpc) is 2.40. The molecule has 1 unspecified atom stereocenters. The van der Waals surface area contributed by atoms with Gasteiger partial charge < -0.3 is 5.32 Å². The number of rotatable bonds is 3. The Balaban J connectivity index is 2.61. The van der Waals surface area contributed by atoms with Gasteiger partial charge in [-0.15, -0.1) is 0 Å². The van der Waals surface area contributed by atoms with E-state index >= 15 is 0 Å². The summed E-state index contributed by atoms with van der Waals surface area (Å²) >= 11 is 3.09. The van der Waals surface area contributed by atoms with Crippen LogP contribution in [0, 0.1) is 18.6 Å². The number of benzene rings is 1. The van der Waals surface area contributed by atoms with Gasteiger partial charge in [-0.3, -0.25) is 4.98 Å². The molecule has 0 fully saturated rings. The highest BCUT2D eigenvalue weighted by Crippen LogP contribution is 2.31. The standard InChI is InChI=1S/C14H13BrF2N2/c1-8-7-19-6-5-9(8)14(18-2)12-11(16)4-3-10(15)13(12)17/h3-7,14,18H,1-2H3. The fourth-order valence-electron chi connectivity index (χ4n) is 2.07. The normalized spacial score (nSPS) is 12.5. The van der Waals surface area contributed by atoms with Crippen LogP contribution in [-0.4, -0.2) is 12.0 Å². The topological polar surface area (TPSA) is 24.9 Å². The molecule has 1 heterocycles. The maximum absolute atomic E-state index is 14.2. The lowest BCUT2D eigenvalue weighted by molar-refractivity contribution is 0.517. The SMILES string of the molecule is CNC(c1ccncc1C)c1c(F)ccc(Br)c1F. The van der Waals surface area contributed by atoms with Gasteiger partial charge >= 0.3 is 0 Å². The van der Waals surface area contributed by atoms with E-state index in [2.05, 4.69) is 26.2 Å². The Morgan fingerprint density at radius 2 is 2.00 bits per heavy atom. The predicted molar refractivity (Wildman–Crippen MR) is 73.9 cm³/mol. The molecule has 0 bridgehead atoms. The van der Waals surface area contributed by atoms with Gasteiger partial charge in [0, 0.05) is 18.0 Å². The lowest BCUT2D eigenvalue weighted by Gasteiger charge is -2.20. The third kappa shape index (κ3) is 2.67. The van der Waals surface area contributed by atoms with Crippen molar-refractivity contribution in [2.75, 3.05) is 7.05 Å². The van der Waals surface area contributed by atoms with E-state index in [1.54, 1.807) is 25.5 Å². The number of hydrogen-bond acceptors (Lipinski definition) is 2. The van der Waals surface area contributed by atoms with Crippen LogP contribution in [0.15, 0.2) is 35.1 Å². The van der Waals surface area contributed by atoms with E-state index in [1.165, 1.54) is 12.1 Å². The molecule has 2 rings (SSSR count). The molecule has 1 aromatic heterocycles. The van der Waals surface area contributed by atoms with Crippen molar-refractivity contribution in [3.8, 4) is 0 Å². The maximum atomic E-state index is 14.2. The minimum Gasteiger partial charge on any atom is -0.309 e. The lowest BCUT2D eigenvalue weighted by Crippen LogP contribution is -2.21. The third-order valence-corrected chi connectivity index (χ3v) is 3.64. The molecule has 0 aliphatic carbocycles.